The van der Waals surface area contributed by atoms with Crippen LogP contribution in [-0.4, -0.2) is 18.0 Å². The molecule has 2 nitrogen and oxygen atoms in total. The van der Waals surface area contributed by atoms with E-state index in [1.165, 1.54) is 64.2 Å². The predicted molar refractivity (Wildman–Crippen MR) is 77.7 cm³/mol. The van der Waals surface area contributed by atoms with Crippen molar-refractivity contribution in [2.24, 2.45) is 5.92 Å². The molecule has 0 amide bonds. The third-order valence-electron chi connectivity index (χ3n) is 3.55. The summed E-state index contributed by atoms with van der Waals surface area (Å²) in [6.45, 7) is 2.35. The molecule has 0 aromatic heterocycles. The molecule has 1 atom stereocenters. The first kappa shape index (κ1) is 17.6. The lowest BCUT2D eigenvalue weighted by atomic mass is 10.0. The molecule has 1 N–H and O–H groups in total. The summed E-state index contributed by atoms with van der Waals surface area (Å²) in [6.07, 6.45) is 16.2. The van der Waals surface area contributed by atoms with E-state index < -0.39 is 0 Å². The number of aliphatic hydroxyl groups is 1. The van der Waals surface area contributed by atoms with Gasteiger partial charge in [0.1, 0.15) is 6.29 Å². The summed E-state index contributed by atoms with van der Waals surface area (Å²) in [5, 5.41) is 8.64. The van der Waals surface area contributed by atoms with E-state index in [0.717, 1.165) is 19.1 Å². The number of carbonyl (C=O) groups excluding carboxylic acids is 1. The van der Waals surface area contributed by atoms with E-state index in [2.05, 4.69) is 0 Å². The third kappa shape index (κ3) is 13.7. The Morgan fingerprint density at radius 2 is 1.17 bits per heavy atom. The van der Waals surface area contributed by atoms with E-state index >= 15 is 0 Å². The first-order valence-corrected chi connectivity index (χ1v) is 7.87. The van der Waals surface area contributed by atoms with Gasteiger partial charge in [0.05, 0.1) is 0 Å². The standard InChI is InChI=1S/C16H32O2/c1-16(15-18)13-11-9-7-5-3-2-4-6-8-10-12-14-17/h15-17H,2-14H2,1H3. The van der Waals surface area contributed by atoms with E-state index in [1.54, 1.807) is 0 Å². The van der Waals surface area contributed by atoms with Crippen molar-refractivity contribution in [3.8, 4) is 0 Å². The van der Waals surface area contributed by atoms with Crippen LogP contribution >= 0.6 is 0 Å². The monoisotopic (exact) mass is 256 g/mol. The molecule has 0 radical (unpaired) electrons. The Morgan fingerprint density at radius 1 is 0.778 bits per heavy atom. The van der Waals surface area contributed by atoms with E-state index in [4.69, 9.17) is 5.11 Å². The summed E-state index contributed by atoms with van der Waals surface area (Å²) in [5.41, 5.74) is 0. The summed E-state index contributed by atoms with van der Waals surface area (Å²) < 4.78 is 0. The fourth-order valence-electron chi connectivity index (χ4n) is 2.24. The molecule has 0 aliphatic heterocycles. The van der Waals surface area contributed by atoms with Gasteiger partial charge in [-0.25, -0.2) is 0 Å². The van der Waals surface area contributed by atoms with E-state index in [0.29, 0.717) is 6.61 Å². The van der Waals surface area contributed by atoms with Crippen LogP contribution in [0.1, 0.15) is 84.0 Å². The zero-order valence-corrected chi connectivity index (χ0v) is 12.2. The Kier molecular flexibility index (Phi) is 14.4. The van der Waals surface area contributed by atoms with Crippen molar-refractivity contribution < 1.29 is 9.90 Å². The van der Waals surface area contributed by atoms with Crippen molar-refractivity contribution in [2.45, 2.75) is 84.0 Å². The number of hydrogen-bond acceptors (Lipinski definition) is 2. The quantitative estimate of drug-likeness (QED) is 0.367. The predicted octanol–water partition coefficient (Wildman–Crippen LogP) is 4.49. The smallest absolute Gasteiger partial charge is 0.122 e. The molecule has 18 heavy (non-hydrogen) atoms. The van der Waals surface area contributed by atoms with Crippen LogP contribution in [-0.2, 0) is 4.79 Å². The third-order valence-corrected chi connectivity index (χ3v) is 3.55. The number of unbranched alkanes of at least 4 members (excludes halogenated alkanes) is 10. The second-order valence-electron chi connectivity index (χ2n) is 5.51. The van der Waals surface area contributed by atoms with E-state index in [-0.39, 0.29) is 5.92 Å². The Balaban J connectivity index is 2.96. The highest BCUT2D eigenvalue weighted by molar-refractivity contribution is 5.52. The van der Waals surface area contributed by atoms with E-state index in [9.17, 15) is 4.79 Å². The SMILES string of the molecule is CC(C=O)CCCCCCCCCCCCCO. The van der Waals surface area contributed by atoms with Gasteiger partial charge in [0.15, 0.2) is 0 Å². The topological polar surface area (TPSA) is 37.3 Å². The highest BCUT2D eigenvalue weighted by Gasteiger charge is 1.98. The fraction of sp³-hybridized carbons (Fsp3) is 0.938. The average molecular weight is 256 g/mol. The summed E-state index contributed by atoms with van der Waals surface area (Å²) in [7, 11) is 0. The van der Waals surface area contributed by atoms with Crippen LogP contribution in [0.5, 0.6) is 0 Å². The molecule has 0 aromatic carbocycles. The number of hydrogen-bond donors (Lipinski definition) is 1. The van der Waals surface area contributed by atoms with Gasteiger partial charge in [-0.05, 0) is 12.8 Å². The maximum atomic E-state index is 10.4. The van der Waals surface area contributed by atoms with Gasteiger partial charge in [0.25, 0.3) is 0 Å². The molecule has 0 heterocycles. The van der Waals surface area contributed by atoms with Crippen LogP contribution in [0, 0.1) is 5.92 Å². The van der Waals surface area contributed by atoms with Gasteiger partial charge in [-0.1, -0.05) is 71.1 Å². The molecule has 1 unspecified atom stereocenters. The van der Waals surface area contributed by atoms with Crippen molar-refractivity contribution in [3.63, 3.8) is 0 Å². The number of aldehydes is 1. The maximum Gasteiger partial charge on any atom is 0.122 e. The summed E-state index contributed by atoms with van der Waals surface area (Å²) >= 11 is 0. The molecule has 0 saturated carbocycles. The highest BCUT2D eigenvalue weighted by atomic mass is 16.2. The average Bonchev–Trinajstić information content (AvgIpc) is 2.39. The van der Waals surface area contributed by atoms with Gasteiger partial charge >= 0.3 is 0 Å². The second kappa shape index (κ2) is 14.7. The number of rotatable bonds is 14. The molecule has 0 saturated heterocycles. The van der Waals surface area contributed by atoms with Gasteiger partial charge in [-0.2, -0.15) is 0 Å². The Hall–Kier alpha value is -0.370. The highest BCUT2D eigenvalue weighted by Crippen LogP contribution is 2.13. The molecular weight excluding hydrogens is 224 g/mol. The zero-order chi connectivity index (χ0) is 13.5. The molecule has 0 spiro atoms. The molecule has 0 rings (SSSR count). The van der Waals surface area contributed by atoms with E-state index in [1.807, 2.05) is 6.92 Å². The van der Waals surface area contributed by atoms with Crippen molar-refractivity contribution in [3.05, 3.63) is 0 Å². The van der Waals surface area contributed by atoms with Gasteiger partial charge in [-0.3, -0.25) is 0 Å². The summed E-state index contributed by atoms with van der Waals surface area (Å²) in [5.74, 6) is 0.254. The van der Waals surface area contributed by atoms with Crippen molar-refractivity contribution in [1.29, 1.82) is 0 Å². The summed E-state index contributed by atoms with van der Waals surface area (Å²) in [6, 6.07) is 0. The van der Waals surface area contributed by atoms with Gasteiger partial charge < -0.3 is 9.90 Å². The number of aliphatic hydroxyl groups excluding tert-OH is 1. The summed E-state index contributed by atoms with van der Waals surface area (Å²) in [4.78, 5) is 10.4. The van der Waals surface area contributed by atoms with Crippen LogP contribution in [0.3, 0.4) is 0 Å². The molecule has 2 heteroatoms. The van der Waals surface area contributed by atoms with Crippen molar-refractivity contribution >= 4 is 6.29 Å². The molecule has 108 valence electrons. The largest absolute Gasteiger partial charge is 0.396 e. The van der Waals surface area contributed by atoms with Crippen LogP contribution in [0.15, 0.2) is 0 Å². The maximum absolute atomic E-state index is 10.4. The number of carbonyl (C=O) groups is 1. The minimum absolute atomic E-state index is 0.254. The Labute approximate surface area is 113 Å². The van der Waals surface area contributed by atoms with Gasteiger partial charge in [0, 0.05) is 12.5 Å². The minimum atomic E-state index is 0.254. The first-order chi connectivity index (χ1) is 8.81. The second-order valence-corrected chi connectivity index (χ2v) is 5.51. The van der Waals surface area contributed by atoms with Crippen LogP contribution in [0.2, 0.25) is 0 Å². The van der Waals surface area contributed by atoms with Crippen LogP contribution in [0.4, 0.5) is 0 Å². The lowest BCUT2D eigenvalue weighted by molar-refractivity contribution is -0.110. The molecule has 0 aliphatic rings. The minimum Gasteiger partial charge on any atom is -0.396 e. The zero-order valence-electron chi connectivity index (χ0n) is 12.2. The lowest BCUT2D eigenvalue weighted by Gasteiger charge is -2.04. The van der Waals surface area contributed by atoms with Crippen molar-refractivity contribution in [2.75, 3.05) is 6.61 Å². The Morgan fingerprint density at radius 3 is 1.56 bits per heavy atom. The van der Waals surface area contributed by atoms with Gasteiger partial charge in [0.2, 0.25) is 0 Å². The van der Waals surface area contributed by atoms with Crippen molar-refractivity contribution in [1.82, 2.24) is 0 Å². The first-order valence-electron chi connectivity index (χ1n) is 7.87. The normalized spacial score (nSPS) is 12.6. The lowest BCUT2D eigenvalue weighted by Crippen LogP contribution is -1.94. The van der Waals surface area contributed by atoms with Gasteiger partial charge in [-0.15, -0.1) is 0 Å². The Bertz CT molecular complexity index is 168. The molecule has 0 bridgehead atoms. The molecule has 0 aliphatic carbocycles. The van der Waals surface area contributed by atoms with Crippen LogP contribution < -0.4 is 0 Å². The fourth-order valence-corrected chi connectivity index (χ4v) is 2.24. The molecule has 0 aromatic rings. The molecule has 0 fully saturated rings. The van der Waals surface area contributed by atoms with Crippen LogP contribution in [0.25, 0.3) is 0 Å². The molecular formula is C16H32O2.